The molecule has 1 saturated heterocycles. The number of nitrogens with zero attached hydrogens (tertiary/aromatic N) is 6. The number of anilines is 1. The van der Waals surface area contributed by atoms with Crippen LogP contribution in [0.1, 0.15) is 23.1 Å². The zero-order valence-electron chi connectivity index (χ0n) is 18.8. The second-order valence-electron chi connectivity index (χ2n) is 7.97. The molecule has 2 aromatic carbocycles. The number of rotatable bonds is 5. The van der Waals surface area contributed by atoms with Gasteiger partial charge in [0.15, 0.2) is 0 Å². The number of carbonyl (C=O) groups is 1. The van der Waals surface area contributed by atoms with Gasteiger partial charge in [-0.25, -0.2) is 15.0 Å². The van der Waals surface area contributed by atoms with Crippen LogP contribution >= 0.6 is 0 Å². The number of aromatic nitrogens is 4. The SMILES string of the molecule is CCOc1ccc2ccccc2c1C(=O)N1CCN(c2cc(-n3ccnc3)nc(C)n2)CC1. The summed E-state index contributed by atoms with van der Waals surface area (Å²) >= 11 is 0. The monoisotopic (exact) mass is 442 g/mol. The van der Waals surface area contributed by atoms with E-state index in [1.165, 1.54) is 0 Å². The Morgan fingerprint density at radius 1 is 1.03 bits per heavy atom. The third-order valence-corrected chi connectivity index (χ3v) is 5.88. The average molecular weight is 443 g/mol. The molecule has 1 aliphatic heterocycles. The number of aryl methyl sites for hydroxylation is 1. The highest BCUT2D eigenvalue weighted by molar-refractivity contribution is 6.09. The van der Waals surface area contributed by atoms with Crippen LogP contribution < -0.4 is 9.64 Å². The maximum absolute atomic E-state index is 13.6. The van der Waals surface area contributed by atoms with Gasteiger partial charge in [-0.05, 0) is 30.7 Å². The highest BCUT2D eigenvalue weighted by Gasteiger charge is 2.27. The first-order valence-corrected chi connectivity index (χ1v) is 11.2. The minimum absolute atomic E-state index is 0.00729. The molecule has 1 amide bonds. The molecule has 1 fully saturated rings. The Morgan fingerprint density at radius 3 is 2.58 bits per heavy atom. The molecule has 0 spiro atoms. The van der Waals surface area contributed by atoms with Crippen LogP contribution in [0.3, 0.4) is 0 Å². The lowest BCUT2D eigenvalue weighted by Crippen LogP contribution is -2.49. The van der Waals surface area contributed by atoms with E-state index in [2.05, 4.69) is 19.9 Å². The maximum atomic E-state index is 13.6. The molecule has 4 aromatic rings. The van der Waals surface area contributed by atoms with Crippen molar-refractivity contribution in [3.05, 3.63) is 72.6 Å². The number of piperazine rings is 1. The number of carbonyl (C=O) groups excluding carboxylic acids is 1. The van der Waals surface area contributed by atoms with E-state index < -0.39 is 0 Å². The van der Waals surface area contributed by atoms with Gasteiger partial charge >= 0.3 is 0 Å². The molecule has 0 atom stereocenters. The topological polar surface area (TPSA) is 76.4 Å². The number of hydrogen-bond donors (Lipinski definition) is 0. The Kier molecular flexibility index (Phi) is 5.64. The van der Waals surface area contributed by atoms with Crippen molar-refractivity contribution in [3.63, 3.8) is 0 Å². The fraction of sp³-hybridized carbons (Fsp3) is 0.280. The van der Waals surface area contributed by atoms with Gasteiger partial charge in [-0.15, -0.1) is 0 Å². The molecular weight excluding hydrogens is 416 g/mol. The van der Waals surface area contributed by atoms with Gasteiger partial charge < -0.3 is 14.5 Å². The Labute approximate surface area is 192 Å². The van der Waals surface area contributed by atoms with Crippen molar-refractivity contribution in [1.82, 2.24) is 24.4 Å². The van der Waals surface area contributed by atoms with E-state index >= 15 is 0 Å². The van der Waals surface area contributed by atoms with Crippen molar-refractivity contribution in [2.24, 2.45) is 0 Å². The van der Waals surface area contributed by atoms with Crippen molar-refractivity contribution in [1.29, 1.82) is 0 Å². The summed E-state index contributed by atoms with van der Waals surface area (Å²) in [4.78, 5) is 31.0. The zero-order valence-corrected chi connectivity index (χ0v) is 18.8. The third kappa shape index (κ3) is 4.11. The first kappa shape index (κ1) is 20.9. The van der Waals surface area contributed by atoms with Crippen LogP contribution in [-0.2, 0) is 0 Å². The lowest BCUT2D eigenvalue weighted by atomic mass is 10.0. The summed E-state index contributed by atoms with van der Waals surface area (Å²) in [7, 11) is 0. The molecule has 0 radical (unpaired) electrons. The van der Waals surface area contributed by atoms with Crippen LogP contribution in [0.4, 0.5) is 5.82 Å². The summed E-state index contributed by atoms with van der Waals surface area (Å²) in [5, 5.41) is 1.96. The van der Waals surface area contributed by atoms with E-state index in [1.54, 1.807) is 12.5 Å². The number of imidazole rings is 1. The summed E-state index contributed by atoms with van der Waals surface area (Å²) in [6, 6.07) is 13.8. The highest BCUT2D eigenvalue weighted by atomic mass is 16.5. The molecule has 0 unspecified atom stereocenters. The van der Waals surface area contributed by atoms with Crippen molar-refractivity contribution >= 4 is 22.5 Å². The molecule has 0 bridgehead atoms. The fourth-order valence-corrected chi connectivity index (χ4v) is 4.27. The zero-order chi connectivity index (χ0) is 22.8. The van der Waals surface area contributed by atoms with E-state index in [0.717, 1.165) is 22.4 Å². The van der Waals surface area contributed by atoms with E-state index in [1.807, 2.05) is 72.0 Å². The van der Waals surface area contributed by atoms with Gasteiger partial charge in [0, 0.05) is 44.6 Å². The number of amides is 1. The molecule has 5 rings (SSSR count). The molecule has 0 N–H and O–H groups in total. The number of hydrogen-bond acceptors (Lipinski definition) is 6. The quantitative estimate of drug-likeness (QED) is 0.471. The molecule has 0 aliphatic carbocycles. The summed E-state index contributed by atoms with van der Waals surface area (Å²) in [5.41, 5.74) is 0.642. The van der Waals surface area contributed by atoms with Gasteiger partial charge in [-0.1, -0.05) is 30.3 Å². The molecule has 1 aliphatic rings. The van der Waals surface area contributed by atoms with Crippen molar-refractivity contribution in [2.75, 3.05) is 37.7 Å². The second kappa shape index (κ2) is 8.90. The molecule has 8 heteroatoms. The lowest BCUT2D eigenvalue weighted by molar-refractivity contribution is 0.0744. The Morgan fingerprint density at radius 2 is 1.82 bits per heavy atom. The smallest absolute Gasteiger partial charge is 0.258 e. The summed E-state index contributed by atoms with van der Waals surface area (Å²) in [5.74, 6) is 2.99. The third-order valence-electron chi connectivity index (χ3n) is 5.88. The number of benzene rings is 2. The van der Waals surface area contributed by atoms with E-state index in [0.29, 0.717) is 49.9 Å². The lowest BCUT2D eigenvalue weighted by Gasteiger charge is -2.36. The minimum atomic E-state index is 0.00729. The second-order valence-corrected chi connectivity index (χ2v) is 7.97. The summed E-state index contributed by atoms with van der Waals surface area (Å²) in [6.45, 7) is 6.94. The van der Waals surface area contributed by atoms with Crippen molar-refractivity contribution in [2.45, 2.75) is 13.8 Å². The summed E-state index contributed by atoms with van der Waals surface area (Å²) < 4.78 is 7.70. The Balaban J connectivity index is 1.37. The van der Waals surface area contributed by atoms with Gasteiger partial charge in [0.1, 0.15) is 29.5 Å². The predicted molar refractivity (Wildman–Crippen MR) is 127 cm³/mol. The van der Waals surface area contributed by atoms with Gasteiger partial charge in [0.05, 0.1) is 12.2 Å². The minimum Gasteiger partial charge on any atom is -0.493 e. The predicted octanol–water partition coefficient (Wildman–Crippen LogP) is 3.49. The molecule has 0 saturated carbocycles. The van der Waals surface area contributed by atoms with Crippen LogP contribution in [0, 0.1) is 6.92 Å². The molecule has 168 valence electrons. The largest absolute Gasteiger partial charge is 0.493 e. The van der Waals surface area contributed by atoms with Gasteiger partial charge in [-0.2, -0.15) is 0 Å². The maximum Gasteiger partial charge on any atom is 0.258 e. The molecule has 8 nitrogen and oxygen atoms in total. The highest BCUT2D eigenvalue weighted by Crippen LogP contribution is 2.30. The van der Waals surface area contributed by atoms with Crippen molar-refractivity contribution in [3.8, 4) is 11.6 Å². The van der Waals surface area contributed by atoms with Crippen LogP contribution in [0.2, 0.25) is 0 Å². The van der Waals surface area contributed by atoms with Crippen LogP contribution in [0.5, 0.6) is 5.75 Å². The normalized spacial score (nSPS) is 14.0. The Bertz CT molecular complexity index is 1280. The van der Waals surface area contributed by atoms with Crippen LogP contribution in [0.25, 0.3) is 16.6 Å². The van der Waals surface area contributed by atoms with Gasteiger partial charge in [0.2, 0.25) is 0 Å². The molecular formula is C25H26N6O2. The molecule has 33 heavy (non-hydrogen) atoms. The standard InChI is InChI=1S/C25H26N6O2/c1-3-33-21-9-8-19-6-4-5-7-20(19)24(21)25(32)30-14-12-29(13-15-30)22-16-23(28-18(2)27-22)31-11-10-26-17-31/h4-11,16-17H,3,12-15H2,1-2H3. The van der Waals surface area contributed by atoms with Gasteiger partial charge in [0.25, 0.3) is 5.91 Å². The molecule has 2 aromatic heterocycles. The average Bonchev–Trinajstić information content (AvgIpc) is 3.39. The first-order valence-electron chi connectivity index (χ1n) is 11.2. The fourth-order valence-electron chi connectivity index (χ4n) is 4.27. The van der Waals surface area contributed by atoms with Gasteiger partial charge in [-0.3, -0.25) is 9.36 Å². The van der Waals surface area contributed by atoms with Crippen LogP contribution in [-0.4, -0.2) is 63.1 Å². The Hall–Kier alpha value is -3.94. The number of fused-ring (bicyclic) bond motifs is 1. The van der Waals surface area contributed by atoms with E-state index in [-0.39, 0.29) is 5.91 Å². The van der Waals surface area contributed by atoms with Crippen molar-refractivity contribution < 1.29 is 9.53 Å². The molecule has 3 heterocycles. The number of ether oxygens (including phenoxy) is 1. The first-order chi connectivity index (χ1) is 16.1. The summed E-state index contributed by atoms with van der Waals surface area (Å²) in [6.07, 6.45) is 5.32. The van der Waals surface area contributed by atoms with E-state index in [9.17, 15) is 4.79 Å². The van der Waals surface area contributed by atoms with Crippen LogP contribution in [0.15, 0.2) is 61.2 Å². The van der Waals surface area contributed by atoms with E-state index in [4.69, 9.17) is 4.74 Å².